The summed E-state index contributed by atoms with van der Waals surface area (Å²) in [6.45, 7) is 8.55. The van der Waals surface area contributed by atoms with Gasteiger partial charge in [0.15, 0.2) is 0 Å². The van der Waals surface area contributed by atoms with Crippen LogP contribution >= 0.6 is 0 Å². The largest absolute Gasteiger partial charge is 0.476 e. The molecule has 1 N–H and O–H groups in total. The molecule has 0 saturated carbocycles. The molecule has 18 heavy (non-hydrogen) atoms. The van der Waals surface area contributed by atoms with Gasteiger partial charge in [-0.05, 0) is 21.0 Å². The minimum absolute atomic E-state index is 0.291. The fraction of sp³-hybridized carbons (Fsp3) is 0.692. The van der Waals surface area contributed by atoms with Gasteiger partial charge < -0.3 is 15.0 Å². The second-order valence-electron chi connectivity index (χ2n) is 4.79. The molecule has 0 aliphatic heterocycles. The Kier molecular flexibility index (Phi) is 5.85. The average Bonchev–Trinajstić information content (AvgIpc) is 2.28. The van der Waals surface area contributed by atoms with Crippen LogP contribution in [0.1, 0.15) is 32.5 Å². The molecule has 1 heterocycles. The van der Waals surface area contributed by atoms with Crippen LogP contribution in [0.3, 0.4) is 0 Å². The second-order valence-corrected chi connectivity index (χ2v) is 4.79. The van der Waals surface area contributed by atoms with E-state index in [2.05, 4.69) is 34.0 Å². The van der Waals surface area contributed by atoms with Gasteiger partial charge in [-0.1, -0.05) is 13.8 Å². The lowest BCUT2D eigenvalue weighted by Gasteiger charge is -2.13. The monoisotopic (exact) mass is 252 g/mol. The highest BCUT2D eigenvalue weighted by Gasteiger charge is 2.08. The number of nitrogens with zero attached hydrogens (tertiary/aromatic N) is 3. The number of hydrogen-bond acceptors (Lipinski definition) is 5. The summed E-state index contributed by atoms with van der Waals surface area (Å²) in [6, 6.07) is 1.85. The van der Waals surface area contributed by atoms with Crippen LogP contribution in [-0.2, 0) is 0 Å². The zero-order valence-corrected chi connectivity index (χ0v) is 12.0. The van der Waals surface area contributed by atoms with Crippen molar-refractivity contribution in [3.8, 4) is 5.88 Å². The molecule has 1 rings (SSSR count). The van der Waals surface area contributed by atoms with Crippen molar-refractivity contribution in [2.45, 2.75) is 26.7 Å². The molecule has 0 aliphatic carbocycles. The highest BCUT2D eigenvalue weighted by atomic mass is 16.5. The van der Waals surface area contributed by atoms with Gasteiger partial charge in [-0.3, -0.25) is 0 Å². The molecule has 0 spiro atoms. The molecule has 1 aromatic heterocycles. The number of hydrogen-bond donors (Lipinski definition) is 1. The summed E-state index contributed by atoms with van der Waals surface area (Å²) in [6.07, 6.45) is 0. The van der Waals surface area contributed by atoms with E-state index in [4.69, 9.17) is 4.74 Å². The summed E-state index contributed by atoms with van der Waals surface area (Å²) in [4.78, 5) is 11.0. The number of nitrogens with one attached hydrogen (secondary N) is 1. The highest BCUT2D eigenvalue weighted by Crippen LogP contribution is 2.18. The Balaban J connectivity index is 2.75. The molecule has 0 atom stereocenters. The molecular weight excluding hydrogens is 228 g/mol. The third kappa shape index (κ3) is 4.87. The molecule has 0 amide bonds. The van der Waals surface area contributed by atoms with Crippen molar-refractivity contribution < 1.29 is 4.74 Å². The van der Waals surface area contributed by atoms with Crippen molar-refractivity contribution in [2.24, 2.45) is 0 Å². The first-order valence-corrected chi connectivity index (χ1v) is 6.43. The average molecular weight is 252 g/mol. The van der Waals surface area contributed by atoms with E-state index in [-0.39, 0.29) is 0 Å². The van der Waals surface area contributed by atoms with Crippen molar-refractivity contribution in [2.75, 3.05) is 39.1 Å². The Labute approximate surface area is 110 Å². The molecule has 0 unspecified atom stereocenters. The summed E-state index contributed by atoms with van der Waals surface area (Å²) in [5.41, 5.74) is 0. The molecule has 0 saturated heterocycles. The lowest BCUT2D eigenvalue weighted by Crippen LogP contribution is -2.20. The molecule has 0 radical (unpaired) electrons. The van der Waals surface area contributed by atoms with Gasteiger partial charge in [-0.25, -0.2) is 4.98 Å². The van der Waals surface area contributed by atoms with Gasteiger partial charge >= 0.3 is 0 Å². The fourth-order valence-electron chi connectivity index (χ4n) is 1.38. The maximum atomic E-state index is 5.66. The fourth-order valence-corrected chi connectivity index (χ4v) is 1.38. The first kappa shape index (κ1) is 14.7. The number of anilines is 1. The third-order valence-corrected chi connectivity index (χ3v) is 2.38. The van der Waals surface area contributed by atoms with Crippen molar-refractivity contribution in [1.29, 1.82) is 0 Å². The lowest BCUT2D eigenvalue weighted by molar-refractivity contribution is 0.253. The molecule has 5 nitrogen and oxygen atoms in total. The van der Waals surface area contributed by atoms with Crippen molar-refractivity contribution >= 4 is 5.82 Å². The van der Waals surface area contributed by atoms with Crippen LogP contribution in [0.5, 0.6) is 5.88 Å². The molecule has 5 heteroatoms. The van der Waals surface area contributed by atoms with E-state index in [1.807, 2.05) is 27.1 Å². The van der Waals surface area contributed by atoms with Crippen LogP contribution in [0, 0.1) is 0 Å². The summed E-state index contributed by atoms with van der Waals surface area (Å²) in [5, 5.41) is 3.20. The molecular formula is C13H24N4O. The van der Waals surface area contributed by atoms with Crippen LogP contribution in [0.15, 0.2) is 6.07 Å². The zero-order chi connectivity index (χ0) is 13.5. The molecule has 0 aliphatic rings. The van der Waals surface area contributed by atoms with E-state index < -0.39 is 0 Å². The number of likely N-dealkylation sites (N-methyl/N-ethyl adjacent to an activating group) is 1. The molecule has 102 valence electrons. The van der Waals surface area contributed by atoms with Gasteiger partial charge in [0.2, 0.25) is 5.88 Å². The maximum Gasteiger partial charge on any atom is 0.218 e. The van der Waals surface area contributed by atoms with Gasteiger partial charge in [0.25, 0.3) is 0 Å². The molecule has 0 aromatic carbocycles. The summed E-state index contributed by atoms with van der Waals surface area (Å²) < 4.78 is 5.66. The summed E-state index contributed by atoms with van der Waals surface area (Å²) >= 11 is 0. The molecule has 0 bridgehead atoms. The SMILES string of the molecule is CCNc1cc(OCCN(C)C)nc(C(C)C)n1. The Bertz CT molecular complexity index is 366. The van der Waals surface area contributed by atoms with E-state index in [1.54, 1.807) is 0 Å². The van der Waals surface area contributed by atoms with Crippen LogP contribution in [0.25, 0.3) is 0 Å². The highest BCUT2D eigenvalue weighted by molar-refractivity contribution is 5.38. The summed E-state index contributed by atoms with van der Waals surface area (Å²) in [7, 11) is 4.04. The Morgan fingerprint density at radius 2 is 2.06 bits per heavy atom. The van der Waals surface area contributed by atoms with Crippen molar-refractivity contribution in [1.82, 2.24) is 14.9 Å². The van der Waals surface area contributed by atoms with Crippen LogP contribution in [0.2, 0.25) is 0 Å². The predicted molar refractivity (Wildman–Crippen MR) is 74.3 cm³/mol. The Hall–Kier alpha value is -1.36. The van der Waals surface area contributed by atoms with Crippen LogP contribution in [0.4, 0.5) is 5.82 Å². The zero-order valence-electron chi connectivity index (χ0n) is 12.0. The maximum absolute atomic E-state index is 5.66. The summed E-state index contributed by atoms with van der Waals surface area (Å²) in [5.74, 6) is 2.58. The van der Waals surface area contributed by atoms with Crippen LogP contribution in [-0.4, -0.2) is 48.7 Å². The van der Waals surface area contributed by atoms with E-state index >= 15 is 0 Å². The van der Waals surface area contributed by atoms with Gasteiger partial charge in [0.1, 0.15) is 18.2 Å². The standard InChI is InChI=1S/C13H24N4O/c1-6-14-11-9-12(18-8-7-17(4)5)16-13(15-11)10(2)3/h9-10H,6-8H2,1-5H3,(H,14,15,16). The number of aromatic nitrogens is 2. The van der Waals surface area contributed by atoms with E-state index in [0.717, 1.165) is 24.7 Å². The van der Waals surface area contributed by atoms with E-state index in [1.165, 1.54) is 0 Å². The van der Waals surface area contributed by atoms with Crippen molar-refractivity contribution in [3.63, 3.8) is 0 Å². The number of rotatable bonds is 7. The minimum Gasteiger partial charge on any atom is -0.476 e. The minimum atomic E-state index is 0.291. The predicted octanol–water partition coefficient (Wildman–Crippen LogP) is 1.97. The lowest BCUT2D eigenvalue weighted by atomic mass is 10.2. The molecule has 1 aromatic rings. The topological polar surface area (TPSA) is 50.3 Å². The van der Waals surface area contributed by atoms with E-state index in [0.29, 0.717) is 18.4 Å². The second kappa shape index (κ2) is 7.16. The van der Waals surface area contributed by atoms with Gasteiger partial charge in [0.05, 0.1) is 0 Å². The van der Waals surface area contributed by atoms with Gasteiger partial charge in [-0.15, -0.1) is 0 Å². The third-order valence-electron chi connectivity index (χ3n) is 2.38. The van der Waals surface area contributed by atoms with E-state index in [9.17, 15) is 0 Å². The Morgan fingerprint density at radius 3 is 2.61 bits per heavy atom. The first-order valence-electron chi connectivity index (χ1n) is 6.43. The van der Waals surface area contributed by atoms with Crippen molar-refractivity contribution in [3.05, 3.63) is 11.9 Å². The first-order chi connectivity index (χ1) is 8.52. The van der Waals surface area contributed by atoms with Crippen LogP contribution < -0.4 is 10.1 Å². The quantitative estimate of drug-likeness (QED) is 0.804. The Morgan fingerprint density at radius 1 is 1.33 bits per heavy atom. The normalized spacial score (nSPS) is 11.1. The van der Waals surface area contributed by atoms with Gasteiger partial charge in [0, 0.05) is 25.1 Å². The smallest absolute Gasteiger partial charge is 0.218 e. The van der Waals surface area contributed by atoms with Gasteiger partial charge in [-0.2, -0.15) is 4.98 Å². The number of ether oxygens (including phenoxy) is 1. The molecule has 0 fully saturated rings.